The van der Waals surface area contributed by atoms with Crippen molar-refractivity contribution in [3.8, 4) is 5.75 Å². The van der Waals surface area contributed by atoms with Crippen molar-refractivity contribution in [2.45, 2.75) is 0 Å². The third kappa shape index (κ3) is 2.22. The van der Waals surface area contributed by atoms with Crippen molar-refractivity contribution >= 4 is 31.4 Å². The molecule has 0 saturated heterocycles. The molecular formula is C19H16GeO4. The Morgan fingerprint density at radius 1 is 0.708 bits per heavy atom. The summed E-state index contributed by atoms with van der Waals surface area (Å²) in [5.74, 6) is 0.798. The van der Waals surface area contributed by atoms with Gasteiger partial charge in [0.25, 0.3) is 0 Å². The fourth-order valence-corrected chi connectivity index (χ4v) is 11.6. The van der Waals surface area contributed by atoms with E-state index in [1.165, 1.54) is 0 Å². The maximum absolute atomic E-state index is 5.90. The summed E-state index contributed by atoms with van der Waals surface area (Å²) in [7, 11) is 1.67. The van der Waals surface area contributed by atoms with Crippen LogP contribution in [0.4, 0.5) is 0 Å². The van der Waals surface area contributed by atoms with Gasteiger partial charge >= 0.3 is 142 Å². The van der Waals surface area contributed by atoms with E-state index in [-0.39, 0.29) is 0 Å². The first kappa shape index (κ1) is 15.0. The quantitative estimate of drug-likeness (QED) is 0.496. The molecule has 0 bridgehead atoms. The predicted molar refractivity (Wildman–Crippen MR) is 93.4 cm³/mol. The molecule has 0 N–H and O–H groups in total. The molecule has 0 aliphatic rings. The van der Waals surface area contributed by atoms with Gasteiger partial charge in [0, 0.05) is 0 Å². The van der Waals surface area contributed by atoms with Gasteiger partial charge in [0.05, 0.1) is 0 Å². The van der Waals surface area contributed by atoms with Crippen molar-refractivity contribution < 1.29 is 18.0 Å². The van der Waals surface area contributed by atoms with Gasteiger partial charge in [-0.05, 0) is 0 Å². The molecule has 0 aliphatic carbocycles. The van der Waals surface area contributed by atoms with Gasteiger partial charge < -0.3 is 0 Å². The van der Waals surface area contributed by atoms with Crippen LogP contribution >= 0.6 is 0 Å². The summed E-state index contributed by atoms with van der Waals surface area (Å²) < 4.78 is 26.9. The van der Waals surface area contributed by atoms with Crippen LogP contribution in [0.25, 0.3) is 0 Å². The van der Waals surface area contributed by atoms with E-state index in [9.17, 15) is 0 Å². The van der Waals surface area contributed by atoms with Gasteiger partial charge in [-0.25, -0.2) is 0 Å². The van der Waals surface area contributed by atoms with Gasteiger partial charge in [0.2, 0.25) is 0 Å². The first-order valence-electron chi connectivity index (χ1n) is 7.62. The van der Waals surface area contributed by atoms with E-state index in [1.807, 2.05) is 54.6 Å². The first-order valence-corrected chi connectivity index (χ1v) is 11.8. The molecule has 0 atom stereocenters. The van der Waals surface area contributed by atoms with Crippen molar-refractivity contribution in [1.82, 2.24) is 0 Å². The molecule has 0 aliphatic heterocycles. The molecule has 5 heteroatoms. The fraction of sp³-hybridized carbons (Fsp3) is 0.0526. The zero-order valence-electron chi connectivity index (χ0n) is 13.1. The molecule has 24 heavy (non-hydrogen) atoms. The third-order valence-corrected chi connectivity index (χ3v) is 13.1. The summed E-state index contributed by atoms with van der Waals surface area (Å²) >= 11 is -3.45. The van der Waals surface area contributed by atoms with Crippen molar-refractivity contribution in [3.63, 3.8) is 0 Å². The summed E-state index contributed by atoms with van der Waals surface area (Å²) in [5, 5.41) is 0. The molecule has 0 amide bonds. The Bertz CT molecular complexity index is 809. The van der Waals surface area contributed by atoms with Crippen LogP contribution in [0.1, 0.15) is 0 Å². The predicted octanol–water partition coefficient (Wildman–Crippen LogP) is 1.85. The molecule has 0 spiro atoms. The number of furan rings is 3. The Labute approximate surface area is 142 Å². The van der Waals surface area contributed by atoms with Crippen LogP contribution in [-0.4, -0.2) is 20.4 Å². The van der Waals surface area contributed by atoms with E-state index in [1.54, 1.807) is 25.9 Å². The normalized spacial score (nSPS) is 11.5. The molecule has 0 unspecified atom stereocenters. The number of hydrogen-bond donors (Lipinski definition) is 0. The molecular weight excluding hydrogens is 365 g/mol. The molecule has 4 nitrogen and oxygen atoms in total. The van der Waals surface area contributed by atoms with E-state index in [0.717, 1.165) is 23.9 Å². The van der Waals surface area contributed by atoms with E-state index >= 15 is 0 Å². The van der Waals surface area contributed by atoms with Crippen molar-refractivity contribution in [1.29, 1.82) is 0 Å². The van der Waals surface area contributed by atoms with Crippen molar-refractivity contribution in [2.75, 3.05) is 7.11 Å². The molecule has 1 aromatic carbocycles. The van der Waals surface area contributed by atoms with Gasteiger partial charge in [-0.2, -0.15) is 0 Å². The van der Waals surface area contributed by atoms with Gasteiger partial charge in [-0.15, -0.1) is 0 Å². The second-order valence-corrected chi connectivity index (χ2v) is 12.9. The van der Waals surface area contributed by atoms with Gasteiger partial charge in [-0.3, -0.25) is 0 Å². The van der Waals surface area contributed by atoms with Gasteiger partial charge in [0.1, 0.15) is 0 Å². The van der Waals surface area contributed by atoms with Crippen LogP contribution in [-0.2, 0) is 0 Å². The number of hydrogen-bond acceptors (Lipinski definition) is 4. The summed E-state index contributed by atoms with van der Waals surface area (Å²) in [6.45, 7) is 0. The van der Waals surface area contributed by atoms with Gasteiger partial charge in [-0.1, -0.05) is 0 Å². The van der Waals surface area contributed by atoms with E-state index in [0.29, 0.717) is 0 Å². The Kier molecular flexibility index (Phi) is 3.82. The number of methoxy groups -OCH3 is 1. The number of rotatable bonds is 5. The molecule has 4 aromatic rings. The fourth-order valence-electron chi connectivity index (χ4n) is 3.12. The summed E-state index contributed by atoms with van der Waals surface area (Å²) in [6.07, 6.45) is 5.09. The number of benzene rings is 1. The van der Waals surface area contributed by atoms with E-state index in [2.05, 4.69) is 6.07 Å². The molecule has 0 radical (unpaired) electrons. The molecule has 4 rings (SSSR count). The van der Waals surface area contributed by atoms with E-state index in [4.69, 9.17) is 18.0 Å². The third-order valence-electron chi connectivity index (χ3n) is 4.18. The standard InChI is InChI=1S/C19H16GeO4/c1-21-16-7-2-6-15(14-16)20(17-8-3-11-22-17,18-9-4-12-23-18)19-10-5-13-24-19/h2-14H,1H3. The average molecular weight is 381 g/mol. The Balaban J connectivity index is 2.08. The SMILES string of the molecule is COc1ccc[c]([Ge]([c]2ccco2)([c]2ccco2)[c]2ccco2)c1. The zero-order valence-corrected chi connectivity index (χ0v) is 15.2. The number of ether oxygens (including phenoxy) is 1. The van der Waals surface area contributed by atoms with Gasteiger partial charge in [0.15, 0.2) is 0 Å². The minimum absolute atomic E-state index is 0.798. The maximum atomic E-state index is 5.90. The van der Waals surface area contributed by atoms with Crippen molar-refractivity contribution in [3.05, 3.63) is 79.5 Å². The summed E-state index contributed by atoms with van der Waals surface area (Å²) in [6, 6.07) is 19.8. The Morgan fingerprint density at radius 3 is 1.67 bits per heavy atom. The second-order valence-electron chi connectivity index (χ2n) is 5.41. The Morgan fingerprint density at radius 2 is 1.25 bits per heavy atom. The molecule has 0 saturated carbocycles. The average Bonchev–Trinajstić information content (AvgIpc) is 3.39. The van der Waals surface area contributed by atoms with Crippen LogP contribution in [0, 0.1) is 0 Å². The van der Waals surface area contributed by atoms with Crippen LogP contribution in [0.15, 0.2) is 92.7 Å². The first-order chi connectivity index (χ1) is 11.9. The summed E-state index contributed by atoms with van der Waals surface area (Å²) in [4.78, 5) is 0. The zero-order chi connectivity index (χ0) is 16.4. The molecule has 120 valence electrons. The van der Waals surface area contributed by atoms with Crippen LogP contribution in [0.3, 0.4) is 0 Å². The Hall–Kier alpha value is -2.60. The summed E-state index contributed by atoms with van der Waals surface area (Å²) in [5.41, 5.74) is 0. The van der Waals surface area contributed by atoms with Crippen molar-refractivity contribution in [2.24, 2.45) is 0 Å². The minimum atomic E-state index is -3.45. The topological polar surface area (TPSA) is 48.7 Å². The molecule has 3 aromatic heterocycles. The van der Waals surface area contributed by atoms with Crippen LogP contribution in [0.2, 0.25) is 0 Å². The van der Waals surface area contributed by atoms with Crippen LogP contribution in [0.5, 0.6) is 5.75 Å². The molecule has 0 fully saturated rings. The van der Waals surface area contributed by atoms with Crippen LogP contribution < -0.4 is 22.9 Å². The second kappa shape index (κ2) is 6.13. The monoisotopic (exact) mass is 382 g/mol. The van der Waals surface area contributed by atoms with E-state index < -0.39 is 13.3 Å². The molecule has 3 heterocycles.